The van der Waals surface area contributed by atoms with E-state index in [1.807, 2.05) is 11.0 Å². The summed E-state index contributed by atoms with van der Waals surface area (Å²) in [5.41, 5.74) is 2.47. The smallest absolute Gasteiger partial charge is 0.318 e. The zero-order valence-corrected chi connectivity index (χ0v) is 17.3. The van der Waals surface area contributed by atoms with E-state index in [4.69, 9.17) is 0 Å². The van der Waals surface area contributed by atoms with Gasteiger partial charge in [-0.1, -0.05) is 52.0 Å². The molecule has 6 heteroatoms. The highest BCUT2D eigenvalue weighted by molar-refractivity contribution is 5.75. The van der Waals surface area contributed by atoms with Crippen molar-refractivity contribution >= 4 is 12.0 Å². The van der Waals surface area contributed by atoms with Crippen LogP contribution in [-0.2, 0) is 0 Å². The number of nitrogens with one attached hydrogen (secondary N) is 1. The number of hydrogen-bond donors (Lipinski definition) is 1. The summed E-state index contributed by atoms with van der Waals surface area (Å²) < 4.78 is 0. The van der Waals surface area contributed by atoms with Crippen LogP contribution in [0.4, 0.5) is 10.7 Å². The van der Waals surface area contributed by atoms with Gasteiger partial charge in [-0.05, 0) is 29.0 Å². The molecule has 0 unspecified atom stereocenters. The monoisotopic (exact) mass is 381 g/mol. The number of hydrogen-bond acceptors (Lipinski definition) is 4. The van der Waals surface area contributed by atoms with Gasteiger partial charge in [0.2, 0.25) is 5.95 Å². The molecule has 1 aliphatic heterocycles. The zero-order valence-electron chi connectivity index (χ0n) is 17.3. The number of benzene rings is 1. The van der Waals surface area contributed by atoms with Gasteiger partial charge in [0.05, 0.1) is 6.04 Å². The fourth-order valence-electron chi connectivity index (χ4n) is 3.51. The summed E-state index contributed by atoms with van der Waals surface area (Å²) in [6.45, 7) is 11.5. The van der Waals surface area contributed by atoms with Gasteiger partial charge in [0, 0.05) is 38.6 Å². The summed E-state index contributed by atoms with van der Waals surface area (Å²) in [5, 5.41) is 3.24. The van der Waals surface area contributed by atoms with Crippen LogP contribution in [0, 0.1) is 5.92 Å². The average molecular weight is 382 g/mol. The summed E-state index contributed by atoms with van der Waals surface area (Å²) in [5.74, 6) is 1.55. The second kappa shape index (κ2) is 9.04. The van der Waals surface area contributed by atoms with Crippen LogP contribution in [0.1, 0.15) is 50.8 Å². The predicted molar refractivity (Wildman–Crippen MR) is 112 cm³/mol. The van der Waals surface area contributed by atoms with Gasteiger partial charge in [-0.2, -0.15) is 0 Å². The number of urea groups is 1. The Labute approximate surface area is 168 Å². The van der Waals surface area contributed by atoms with E-state index in [2.05, 4.69) is 72.1 Å². The Morgan fingerprint density at radius 1 is 0.929 bits per heavy atom. The molecule has 1 saturated heterocycles. The van der Waals surface area contributed by atoms with Crippen molar-refractivity contribution in [2.45, 2.75) is 39.7 Å². The minimum Gasteiger partial charge on any atom is -0.337 e. The van der Waals surface area contributed by atoms with E-state index in [0.29, 0.717) is 24.9 Å². The molecule has 1 N–H and O–H groups in total. The Morgan fingerprint density at radius 2 is 1.50 bits per heavy atom. The molecule has 150 valence electrons. The fourth-order valence-corrected chi connectivity index (χ4v) is 3.51. The predicted octanol–water partition coefficient (Wildman–Crippen LogP) is 3.83. The summed E-state index contributed by atoms with van der Waals surface area (Å²) >= 11 is 0. The molecule has 0 saturated carbocycles. The third kappa shape index (κ3) is 4.80. The molecule has 6 nitrogen and oxygen atoms in total. The summed E-state index contributed by atoms with van der Waals surface area (Å²) in [6, 6.07) is 10.4. The summed E-state index contributed by atoms with van der Waals surface area (Å²) in [4.78, 5) is 25.5. The number of carbonyl (C=O) groups excluding carboxylic acids is 1. The molecular formula is C22H31N5O. The molecular weight excluding hydrogens is 350 g/mol. The van der Waals surface area contributed by atoms with Crippen molar-refractivity contribution in [3.63, 3.8) is 0 Å². The molecule has 0 spiro atoms. The number of rotatable bonds is 5. The molecule has 0 radical (unpaired) electrons. The van der Waals surface area contributed by atoms with Gasteiger partial charge in [0.25, 0.3) is 0 Å². The third-order valence-corrected chi connectivity index (χ3v) is 5.31. The third-order valence-electron chi connectivity index (χ3n) is 5.31. The van der Waals surface area contributed by atoms with E-state index in [-0.39, 0.29) is 12.1 Å². The van der Waals surface area contributed by atoms with E-state index < -0.39 is 0 Å². The fraction of sp³-hybridized carbons (Fsp3) is 0.500. The van der Waals surface area contributed by atoms with Crippen molar-refractivity contribution in [1.82, 2.24) is 20.2 Å². The molecule has 28 heavy (non-hydrogen) atoms. The Hall–Kier alpha value is -2.63. The summed E-state index contributed by atoms with van der Waals surface area (Å²) in [6.07, 6.45) is 3.50. The standard InChI is InChI=1S/C22H31N5O/c1-16(2)18-6-8-19(9-7-18)20(17(3)4)25-22(28)27-14-12-26(13-15-27)21-23-10-5-11-24-21/h5-11,16-17,20H,12-15H2,1-4H3,(H,25,28)/t20-/m0/s1. The van der Waals surface area contributed by atoms with Crippen molar-refractivity contribution in [2.75, 3.05) is 31.1 Å². The molecule has 1 fully saturated rings. The number of carbonyl (C=O) groups is 1. The molecule has 3 rings (SSSR count). The van der Waals surface area contributed by atoms with Gasteiger partial charge in [0.1, 0.15) is 0 Å². The topological polar surface area (TPSA) is 61.4 Å². The molecule has 2 heterocycles. The quantitative estimate of drug-likeness (QED) is 0.855. The lowest BCUT2D eigenvalue weighted by Crippen LogP contribution is -2.53. The van der Waals surface area contributed by atoms with Crippen LogP contribution in [0.5, 0.6) is 0 Å². The van der Waals surface area contributed by atoms with Crippen LogP contribution in [0.25, 0.3) is 0 Å². The van der Waals surface area contributed by atoms with Crippen molar-refractivity contribution in [3.05, 3.63) is 53.9 Å². The Bertz CT molecular complexity index is 752. The minimum atomic E-state index is 0.000246. The molecule has 2 aromatic rings. The molecule has 1 aromatic heterocycles. The maximum atomic E-state index is 12.9. The van der Waals surface area contributed by atoms with Crippen molar-refractivity contribution < 1.29 is 4.79 Å². The maximum absolute atomic E-state index is 12.9. The van der Waals surface area contributed by atoms with Crippen LogP contribution in [0.2, 0.25) is 0 Å². The molecule has 1 atom stereocenters. The van der Waals surface area contributed by atoms with E-state index in [0.717, 1.165) is 24.6 Å². The maximum Gasteiger partial charge on any atom is 0.318 e. The van der Waals surface area contributed by atoms with E-state index >= 15 is 0 Å². The van der Waals surface area contributed by atoms with Gasteiger partial charge < -0.3 is 15.1 Å². The van der Waals surface area contributed by atoms with Gasteiger partial charge in [-0.3, -0.25) is 0 Å². The lowest BCUT2D eigenvalue weighted by Gasteiger charge is -2.36. The summed E-state index contributed by atoms with van der Waals surface area (Å²) in [7, 11) is 0. The van der Waals surface area contributed by atoms with E-state index in [9.17, 15) is 4.79 Å². The second-order valence-corrected chi connectivity index (χ2v) is 8.02. The Morgan fingerprint density at radius 3 is 2.04 bits per heavy atom. The number of aromatic nitrogens is 2. The van der Waals surface area contributed by atoms with Gasteiger partial charge in [-0.15, -0.1) is 0 Å². The molecule has 0 aliphatic carbocycles. The highest BCUT2D eigenvalue weighted by atomic mass is 16.2. The van der Waals surface area contributed by atoms with E-state index in [1.165, 1.54) is 5.56 Å². The first kappa shape index (κ1) is 20.1. The van der Waals surface area contributed by atoms with Gasteiger partial charge in [0.15, 0.2) is 0 Å². The van der Waals surface area contributed by atoms with Crippen molar-refractivity contribution in [3.8, 4) is 0 Å². The number of anilines is 1. The van der Waals surface area contributed by atoms with Crippen LogP contribution in [0.15, 0.2) is 42.7 Å². The lowest BCUT2D eigenvalue weighted by molar-refractivity contribution is 0.186. The van der Waals surface area contributed by atoms with Gasteiger partial charge in [-0.25, -0.2) is 14.8 Å². The van der Waals surface area contributed by atoms with Crippen LogP contribution < -0.4 is 10.2 Å². The van der Waals surface area contributed by atoms with Gasteiger partial charge >= 0.3 is 6.03 Å². The lowest BCUT2D eigenvalue weighted by atomic mass is 9.93. The Kier molecular flexibility index (Phi) is 6.49. The average Bonchev–Trinajstić information content (AvgIpc) is 2.72. The molecule has 0 bridgehead atoms. The number of nitrogens with zero attached hydrogens (tertiary/aromatic N) is 4. The molecule has 1 aliphatic rings. The minimum absolute atomic E-state index is 0.000246. The first-order valence-electron chi connectivity index (χ1n) is 10.1. The van der Waals surface area contributed by atoms with Crippen molar-refractivity contribution in [2.24, 2.45) is 5.92 Å². The molecule has 2 amide bonds. The van der Waals surface area contributed by atoms with Crippen molar-refractivity contribution in [1.29, 1.82) is 0 Å². The van der Waals surface area contributed by atoms with Crippen LogP contribution in [-0.4, -0.2) is 47.1 Å². The SMILES string of the molecule is CC(C)c1ccc([C@@H](NC(=O)N2CCN(c3ncccn3)CC2)C(C)C)cc1. The Balaban J connectivity index is 1.60. The zero-order chi connectivity index (χ0) is 20.1. The van der Waals surface area contributed by atoms with Crippen LogP contribution in [0.3, 0.4) is 0 Å². The van der Waals surface area contributed by atoms with E-state index in [1.54, 1.807) is 12.4 Å². The number of piperazine rings is 1. The first-order chi connectivity index (χ1) is 13.5. The normalized spacial score (nSPS) is 15.8. The largest absolute Gasteiger partial charge is 0.337 e. The molecule has 1 aromatic carbocycles. The second-order valence-electron chi connectivity index (χ2n) is 8.02. The highest BCUT2D eigenvalue weighted by Crippen LogP contribution is 2.24. The highest BCUT2D eigenvalue weighted by Gasteiger charge is 2.25. The number of amides is 2. The van der Waals surface area contributed by atoms with Crippen LogP contribution >= 0.6 is 0 Å². The first-order valence-corrected chi connectivity index (χ1v) is 10.1.